The molecule has 0 radical (unpaired) electrons. The zero-order chi connectivity index (χ0) is 19.6. The number of unbranched alkanes of at least 4 members (excludes halogenated alkanes) is 2. The normalized spacial score (nSPS) is 17.2. The Bertz CT molecular complexity index is 668. The molecule has 4 nitrogen and oxygen atoms in total. The number of ether oxygens (including phenoxy) is 2. The van der Waals surface area contributed by atoms with Crippen LogP contribution in [-0.4, -0.2) is 44.6 Å². The first-order valence-corrected chi connectivity index (χ1v) is 10.6. The van der Waals surface area contributed by atoms with Gasteiger partial charge in [-0.05, 0) is 29.7 Å². The van der Waals surface area contributed by atoms with Gasteiger partial charge in [-0.2, -0.15) is 0 Å². The maximum Gasteiger partial charge on any atom is 0.119 e. The van der Waals surface area contributed by atoms with Gasteiger partial charge in [-0.25, -0.2) is 0 Å². The van der Waals surface area contributed by atoms with Gasteiger partial charge in [0.15, 0.2) is 0 Å². The van der Waals surface area contributed by atoms with E-state index in [9.17, 15) is 5.11 Å². The van der Waals surface area contributed by atoms with Crippen molar-refractivity contribution in [1.29, 1.82) is 0 Å². The van der Waals surface area contributed by atoms with Gasteiger partial charge in [0.25, 0.3) is 0 Å². The highest BCUT2D eigenvalue weighted by Gasteiger charge is 2.28. The van der Waals surface area contributed by atoms with Gasteiger partial charge >= 0.3 is 0 Å². The Morgan fingerprint density at radius 3 is 2.36 bits per heavy atom. The Morgan fingerprint density at radius 1 is 0.964 bits per heavy atom. The molecule has 0 bridgehead atoms. The molecule has 4 heteroatoms. The molecule has 1 aliphatic heterocycles. The van der Waals surface area contributed by atoms with Crippen molar-refractivity contribution in [3.05, 3.63) is 65.7 Å². The van der Waals surface area contributed by atoms with Gasteiger partial charge in [0, 0.05) is 0 Å². The molecule has 2 N–H and O–H groups in total. The van der Waals surface area contributed by atoms with E-state index in [2.05, 4.69) is 31.2 Å². The number of morpholine rings is 1. The minimum absolute atomic E-state index is 0.0608. The average Bonchev–Trinajstić information content (AvgIpc) is 2.76. The molecule has 1 heterocycles. The molecule has 3 rings (SSSR count). The van der Waals surface area contributed by atoms with Crippen molar-refractivity contribution in [2.45, 2.75) is 38.2 Å². The number of rotatable bonds is 10. The van der Waals surface area contributed by atoms with E-state index in [0.29, 0.717) is 0 Å². The summed E-state index contributed by atoms with van der Waals surface area (Å²) in [4.78, 5) is 1.50. The van der Waals surface area contributed by atoms with Crippen molar-refractivity contribution in [1.82, 2.24) is 0 Å². The predicted molar refractivity (Wildman–Crippen MR) is 112 cm³/mol. The standard InChI is InChI=1S/C24H33NO3/c1-2-3-7-16-28-22-12-10-21(11-13-22)24(26)23(20-8-5-4-6-9-20)19-25-14-17-27-18-15-25/h4-6,8-13,23-24,26H,2-3,7,14-19H2,1H3/p+1/t23-,24+/m0/s1. The molecule has 2 aromatic carbocycles. The molecule has 0 aromatic heterocycles. The van der Waals surface area contributed by atoms with Gasteiger partial charge < -0.3 is 19.5 Å². The van der Waals surface area contributed by atoms with Crippen LogP contribution in [0.1, 0.15) is 49.3 Å². The Morgan fingerprint density at radius 2 is 1.68 bits per heavy atom. The lowest BCUT2D eigenvalue weighted by Gasteiger charge is -2.30. The quantitative estimate of drug-likeness (QED) is 0.619. The molecule has 152 valence electrons. The van der Waals surface area contributed by atoms with E-state index in [1.54, 1.807) is 0 Å². The molecule has 1 fully saturated rings. The summed E-state index contributed by atoms with van der Waals surface area (Å²) >= 11 is 0. The lowest BCUT2D eigenvalue weighted by atomic mass is 9.88. The molecule has 0 amide bonds. The second-order valence-corrected chi connectivity index (χ2v) is 7.65. The van der Waals surface area contributed by atoms with Gasteiger partial charge in [0.1, 0.15) is 18.8 Å². The first-order valence-electron chi connectivity index (χ1n) is 10.6. The van der Waals surface area contributed by atoms with Crippen molar-refractivity contribution in [3.8, 4) is 5.75 Å². The van der Waals surface area contributed by atoms with Crippen LogP contribution in [0.15, 0.2) is 54.6 Å². The summed E-state index contributed by atoms with van der Waals surface area (Å²) in [7, 11) is 0. The topological polar surface area (TPSA) is 43.1 Å². The molecular weight excluding hydrogens is 350 g/mol. The van der Waals surface area contributed by atoms with Crippen molar-refractivity contribution in [2.75, 3.05) is 39.5 Å². The lowest BCUT2D eigenvalue weighted by molar-refractivity contribution is -0.909. The summed E-state index contributed by atoms with van der Waals surface area (Å²) in [6, 6.07) is 18.3. The van der Waals surface area contributed by atoms with E-state index in [1.165, 1.54) is 23.3 Å². The monoisotopic (exact) mass is 384 g/mol. The Hall–Kier alpha value is -1.88. The molecule has 0 aliphatic carbocycles. The van der Waals surface area contributed by atoms with E-state index >= 15 is 0 Å². The molecule has 1 aliphatic rings. The number of nitrogens with one attached hydrogen (secondary N) is 1. The van der Waals surface area contributed by atoms with E-state index in [4.69, 9.17) is 9.47 Å². The highest BCUT2D eigenvalue weighted by atomic mass is 16.5. The third-order valence-corrected chi connectivity index (χ3v) is 5.56. The Kier molecular flexibility index (Phi) is 8.34. The highest BCUT2D eigenvalue weighted by molar-refractivity contribution is 5.31. The van der Waals surface area contributed by atoms with Crippen LogP contribution in [0.4, 0.5) is 0 Å². The van der Waals surface area contributed by atoms with E-state index < -0.39 is 6.10 Å². The summed E-state index contributed by atoms with van der Waals surface area (Å²) in [5.41, 5.74) is 2.14. The summed E-state index contributed by atoms with van der Waals surface area (Å²) in [5, 5.41) is 11.2. The fraction of sp³-hybridized carbons (Fsp3) is 0.500. The van der Waals surface area contributed by atoms with Crippen LogP contribution in [-0.2, 0) is 4.74 Å². The molecule has 2 aromatic rings. The second kappa shape index (κ2) is 11.2. The van der Waals surface area contributed by atoms with Crippen molar-refractivity contribution >= 4 is 0 Å². The molecule has 2 atom stereocenters. The average molecular weight is 385 g/mol. The highest BCUT2D eigenvalue weighted by Crippen LogP contribution is 2.31. The number of benzene rings is 2. The van der Waals surface area contributed by atoms with E-state index in [1.807, 2.05) is 30.3 Å². The fourth-order valence-corrected chi connectivity index (χ4v) is 3.82. The molecule has 0 spiro atoms. The third kappa shape index (κ3) is 6.06. The molecule has 1 saturated heterocycles. The first kappa shape index (κ1) is 20.8. The fourth-order valence-electron chi connectivity index (χ4n) is 3.82. The molecular formula is C24H34NO3+. The summed E-state index contributed by atoms with van der Waals surface area (Å²) in [6.45, 7) is 7.46. The molecule has 28 heavy (non-hydrogen) atoms. The Labute approximate surface area is 169 Å². The van der Waals surface area contributed by atoms with Crippen LogP contribution in [0.3, 0.4) is 0 Å². The SMILES string of the molecule is CCCCCOc1ccc([C@@H](O)[C@@H](C[NH+]2CCOCC2)c2ccccc2)cc1. The number of quaternary nitrogens is 1. The largest absolute Gasteiger partial charge is 0.494 e. The molecule has 0 saturated carbocycles. The number of aliphatic hydroxyl groups is 1. The van der Waals surface area contributed by atoms with Crippen LogP contribution in [0.2, 0.25) is 0 Å². The summed E-state index contributed by atoms with van der Waals surface area (Å²) in [5.74, 6) is 0.938. The van der Waals surface area contributed by atoms with Crippen LogP contribution >= 0.6 is 0 Å². The van der Waals surface area contributed by atoms with Crippen LogP contribution in [0.5, 0.6) is 5.75 Å². The van der Waals surface area contributed by atoms with Crippen LogP contribution in [0.25, 0.3) is 0 Å². The maximum atomic E-state index is 11.2. The smallest absolute Gasteiger partial charge is 0.119 e. The van der Waals surface area contributed by atoms with Gasteiger partial charge in [-0.3, -0.25) is 0 Å². The summed E-state index contributed by atoms with van der Waals surface area (Å²) in [6.07, 6.45) is 2.94. The minimum Gasteiger partial charge on any atom is -0.494 e. The Balaban J connectivity index is 1.68. The van der Waals surface area contributed by atoms with E-state index in [-0.39, 0.29) is 5.92 Å². The van der Waals surface area contributed by atoms with E-state index in [0.717, 1.165) is 57.2 Å². The zero-order valence-corrected chi connectivity index (χ0v) is 17.0. The molecule has 0 unspecified atom stereocenters. The predicted octanol–water partition coefficient (Wildman–Crippen LogP) is 2.99. The van der Waals surface area contributed by atoms with Crippen LogP contribution < -0.4 is 9.64 Å². The third-order valence-electron chi connectivity index (χ3n) is 5.56. The van der Waals surface area contributed by atoms with Gasteiger partial charge in [0.2, 0.25) is 0 Å². The first-order chi connectivity index (χ1) is 13.8. The summed E-state index contributed by atoms with van der Waals surface area (Å²) < 4.78 is 11.3. The van der Waals surface area contributed by atoms with Gasteiger partial charge in [-0.15, -0.1) is 0 Å². The number of aliphatic hydroxyl groups excluding tert-OH is 1. The van der Waals surface area contributed by atoms with Crippen molar-refractivity contribution < 1.29 is 19.5 Å². The zero-order valence-electron chi connectivity index (χ0n) is 17.0. The number of hydrogen-bond donors (Lipinski definition) is 2. The second-order valence-electron chi connectivity index (χ2n) is 7.65. The maximum absolute atomic E-state index is 11.2. The van der Waals surface area contributed by atoms with Crippen molar-refractivity contribution in [3.63, 3.8) is 0 Å². The lowest BCUT2D eigenvalue weighted by Crippen LogP contribution is -3.14. The van der Waals surface area contributed by atoms with Gasteiger partial charge in [-0.1, -0.05) is 62.2 Å². The van der Waals surface area contributed by atoms with Crippen molar-refractivity contribution in [2.24, 2.45) is 0 Å². The minimum atomic E-state index is -0.535. The van der Waals surface area contributed by atoms with Gasteiger partial charge in [0.05, 0.1) is 38.4 Å². The number of hydrogen-bond acceptors (Lipinski definition) is 3. The van der Waals surface area contributed by atoms with Crippen LogP contribution in [0, 0.1) is 0 Å².